The fourth-order valence-corrected chi connectivity index (χ4v) is 2.27. The Kier molecular flexibility index (Phi) is 5.62. The second-order valence-corrected chi connectivity index (χ2v) is 7.02. The zero-order valence-corrected chi connectivity index (χ0v) is 15.3. The van der Waals surface area contributed by atoms with Crippen molar-refractivity contribution >= 4 is 22.8 Å². The summed E-state index contributed by atoms with van der Waals surface area (Å²) in [5, 5.41) is 3.56. The van der Waals surface area contributed by atoms with E-state index in [1.165, 1.54) is 0 Å². The Hall–Kier alpha value is -2.63. The molecule has 2 aromatic heterocycles. The third-order valence-electron chi connectivity index (χ3n) is 3.50. The van der Waals surface area contributed by atoms with Gasteiger partial charge in [-0.3, -0.25) is 9.78 Å². The van der Waals surface area contributed by atoms with Gasteiger partial charge in [0.2, 0.25) is 0 Å². The van der Waals surface area contributed by atoms with E-state index in [9.17, 15) is 9.59 Å². The molecule has 0 aliphatic rings. The molecule has 0 spiro atoms. The van der Waals surface area contributed by atoms with Crippen LogP contribution >= 0.6 is 0 Å². The number of nitrogens with zero attached hydrogens (tertiary/aromatic N) is 1. The molecule has 0 aromatic carbocycles. The topological polar surface area (TPSA) is 84.1 Å². The molecule has 134 valence electrons. The van der Waals surface area contributed by atoms with E-state index < -0.39 is 12.0 Å². The standard InChI is InChI=1S/C19H25N3O3/c1-6-25-18(24)14(7-8-19(3,4)5)22-17(23)16-10-13-11-20-12(2)9-15(13)21-16/h7-11,14,21H,6H2,1-5H3,(H,22,23)/b8-7+. The van der Waals surface area contributed by atoms with Gasteiger partial charge in [0.15, 0.2) is 0 Å². The van der Waals surface area contributed by atoms with Crippen LogP contribution in [-0.2, 0) is 9.53 Å². The molecule has 2 aromatic rings. The molecule has 25 heavy (non-hydrogen) atoms. The summed E-state index contributed by atoms with van der Waals surface area (Å²) in [6.07, 6.45) is 5.26. The minimum Gasteiger partial charge on any atom is -0.464 e. The predicted octanol–water partition coefficient (Wildman–Crippen LogP) is 3.14. The molecule has 0 saturated heterocycles. The van der Waals surface area contributed by atoms with Crippen molar-refractivity contribution in [2.24, 2.45) is 5.41 Å². The first kappa shape index (κ1) is 18.7. The van der Waals surface area contributed by atoms with Crippen LogP contribution in [0.25, 0.3) is 10.9 Å². The molecule has 2 rings (SSSR count). The van der Waals surface area contributed by atoms with Gasteiger partial charge in [0.1, 0.15) is 11.7 Å². The number of carbonyl (C=O) groups excluding carboxylic acids is 2. The summed E-state index contributed by atoms with van der Waals surface area (Å²) in [4.78, 5) is 31.9. The number of aromatic nitrogens is 2. The molecule has 0 radical (unpaired) electrons. The van der Waals surface area contributed by atoms with Gasteiger partial charge in [0, 0.05) is 22.8 Å². The van der Waals surface area contributed by atoms with Crippen LogP contribution in [0.15, 0.2) is 30.5 Å². The van der Waals surface area contributed by atoms with Crippen LogP contribution < -0.4 is 5.32 Å². The van der Waals surface area contributed by atoms with Crippen LogP contribution in [0.2, 0.25) is 0 Å². The Morgan fingerprint density at radius 1 is 1.36 bits per heavy atom. The van der Waals surface area contributed by atoms with Crippen LogP contribution in [0.1, 0.15) is 43.9 Å². The lowest BCUT2D eigenvalue weighted by atomic mass is 9.95. The van der Waals surface area contributed by atoms with E-state index in [-0.39, 0.29) is 17.9 Å². The van der Waals surface area contributed by atoms with Gasteiger partial charge in [-0.05, 0) is 31.4 Å². The van der Waals surface area contributed by atoms with Crippen molar-refractivity contribution in [3.63, 3.8) is 0 Å². The molecule has 0 saturated carbocycles. The molecule has 1 amide bonds. The number of pyridine rings is 1. The van der Waals surface area contributed by atoms with Gasteiger partial charge in [-0.1, -0.05) is 32.9 Å². The summed E-state index contributed by atoms with van der Waals surface area (Å²) in [5.41, 5.74) is 1.95. The summed E-state index contributed by atoms with van der Waals surface area (Å²) in [6, 6.07) is 2.75. The lowest BCUT2D eigenvalue weighted by Crippen LogP contribution is -2.40. The maximum absolute atomic E-state index is 12.5. The molecule has 2 N–H and O–H groups in total. The van der Waals surface area contributed by atoms with Gasteiger partial charge in [-0.2, -0.15) is 0 Å². The zero-order chi connectivity index (χ0) is 18.6. The minimum atomic E-state index is -0.835. The first-order valence-electron chi connectivity index (χ1n) is 8.32. The van der Waals surface area contributed by atoms with E-state index in [1.807, 2.05) is 39.8 Å². The number of fused-ring (bicyclic) bond motifs is 1. The Morgan fingerprint density at radius 2 is 2.08 bits per heavy atom. The maximum atomic E-state index is 12.5. The van der Waals surface area contributed by atoms with Gasteiger partial charge in [-0.25, -0.2) is 4.79 Å². The van der Waals surface area contributed by atoms with Gasteiger partial charge in [-0.15, -0.1) is 0 Å². The Morgan fingerprint density at radius 3 is 2.72 bits per heavy atom. The molecule has 2 heterocycles. The highest BCUT2D eigenvalue weighted by molar-refractivity contribution is 6.00. The van der Waals surface area contributed by atoms with Gasteiger partial charge in [0.25, 0.3) is 5.91 Å². The molecule has 0 aliphatic heterocycles. The molecular weight excluding hydrogens is 318 g/mol. The van der Waals surface area contributed by atoms with Gasteiger partial charge >= 0.3 is 5.97 Å². The molecule has 0 fully saturated rings. The normalized spacial score (nSPS) is 13.2. The van der Waals surface area contributed by atoms with Crippen molar-refractivity contribution in [2.75, 3.05) is 6.61 Å². The number of amides is 1. The van der Waals surface area contributed by atoms with Crippen molar-refractivity contribution < 1.29 is 14.3 Å². The van der Waals surface area contributed by atoms with E-state index >= 15 is 0 Å². The van der Waals surface area contributed by atoms with Crippen LogP contribution in [0.3, 0.4) is 0 Å². The molecule has 6 heteroatoms. The quantitative estimate of drug-likeness (QED) is 0.645. The van der Waals surface area contributed by atoms with Crippen LogP contribution in [0, 0.1) is 12.3 Å². The number of nitrogens with one attached hydrogen (secondary N) is 2. The number of H-pyrrole nitrogens is 1. The number of hydrogen-bond donors (Lipinski definition) is 2. The lowest BCUT2D eigenvalue weighted by Gasteiger charge is -2.16. The smallest absolute Gasteiger partial charge is 0.332 e. The zero-order valence-electron chi connectivity index (χ0n) is 15.3. The van der Waals surface area contributed by atoms with Crippen molar-refractivity contribution in [3.8, 4) is 0 Å². The summed E-state index contributed by atoms with van der Waals surface area (Å²) >= 11 is 0. The number of esters is 1. The van der Waals surface area contributed by atoms with Crippen molar-refractivity contribution in [3.05, 3.63) is 41.9 Å². The van der Waals surface area contributed by atoms with E-state index in [4.69, 9.17) is 4.74 Å². The number of ether oxygens (including phenoxy) is 1. The molecule has 0 bridgehead atoms. The highest BCUT2D eigenvalue weighted by Gasteiger charge is 2.22. The van der Waals surface area contributed by atoms with Crippen molar-refractivity contribution in [1.29, 1.82) is 0 Å². The average molecular weight is 343 g/mol. The lowest BCUT2D eigenvalue weighted by molar-refractivity contribution is -0.144. The fourth-order valence-electron chi connectivity index (χ4n) is 2.27. The highest BCUT2D eigenvalue weighted by atomic mass is 16.5. The Labute approximate surface area is 147 Å². The molecule has 6 nitrogen and oxygen atoms in total. The number of hydrogen-bond acceptors (Lipinski definition) is 4. The fraction of sp³-hybridized carbons (Fsp3) is 0.421. The summed E-state index contributed by atoms with van der Waals surface area (Å²) in [7, 11) is 0. The molecule has 1 atom stereocenters. The third kappa shape index (κ3) is 5.17. The van der Waals surface area contributed by atoms with E-state index in [2.05, 4.69) is 15.3 Å². The average Bonchev–Trinajstić information content (AvgIpc) is 2.93. The number of allylic oxidation sites excluding steroid dienone is 1. The number of aryl methyl sites for hydroxylation is 1. The Balaban J connectivity index is 2.21. The SMILES string of the molecule is CCOC(=O)C(/C=C/C(C)(C)C)NC(=O)c1cc2cnc(C)cc2[nH]1. The second kappa shape index (κ2) is 7.51. The summed E-state index contributed by atoms with van der Waals surface area (Å²) < 4.78 is 5.06. The van der Waals surface area contributed by atoms with Crippen LogP contribution in [0.5, 0.6) is 0 Å². The van der Waals surface area contributed by atoms with Crippen molar-refractivity contribution in [1.82, 2.24) is 15.3 Å². The van der Waals surface area contributed by atoms with Crippen molar-refractivity contribution in [2.45, 2.75) is 40.7 Å². The van der Waals surface area contributed by atoms with E-state index in [1.54, 1.807) is 25.3 Å². The molecule has 1 unspecified atom stereocenters. The summed E-state index contributed by atoms with van der Waals surface area (Å²) in [6.45, 7) is 9.92. The summed E-state index contributed by atoms with van der Waals surface area (Å²) in [5.74, 6) is -0.851. The largest absolute Gasteiger partial charge is 0.464 e. The number of carbonyl (C=O) groups is 2. The first-order chi connectivity index (χ1) is 11.7. The first-order valence-corrected chi connectivity index (χ1v) is 8.32. The predicted molar refractivity (Wildman–Crippen MR) is 97.3 cm³/mol. The van der Waals surface area contributed by atoms with Gasteiger partial charge < -0.3 is 15.0 Å². The Bertz CT molecular complexity index is 800. The maximum Gasteiger partial charge on any atom is 0.332 e. The minimum absolute atomic E-state index is 0.111. The molecule has 0 aliphatic carbocycles. The van der Waals surface area contributed by atoms with E-state index in [0.29, 0.717) is 5.69 Å². The van der Waals surface area contributed by atoms with Crippen LogP contribution in [-0.4, -0.2) is 34.5 Å². The van der Waals surface area contributed by atoms with E-state index in [0.717, 1.165) is 16.6 Å². The second-order valence-electron chi connectivity index (χ2n) is 7.02. The monoisotopic (exact) mass is 343 g/mol. The third-order valence-corrected chi connectivity index (χ3v) is 3.50. The molecular formula is C19H25N3O3. The highest BCUT2D eigenvalue weighted by Crippen LogP contribution is 2.17. The van der Waals surface area contributed by atoms with Crippen LogP contribution in [0.4, 0.5) is 0 Å². The number of aromatic amines is 1. The van der Waals surface area contributed by atoms with Gasteiger partial charge in [0.05, 0.1) is 6.61 Å². The number of rotatable bonds is 5.